The molecule has 0 aliphatic carbocycles. The summed E-state index contributed by atoms with van der Waals surface area (Å²) in [7, 11) is 0. The topological polar surface area (TPSA) is 29.1 Å². The molecule has 0 atom stereocenters. The van der Waals surface area contributed by atoms with E-state index in [1.807, 2.05) is 29.0 Å². The molecule has 0 fully saturated rings. The number of hydrogen-bond donors (Lipinski definition) is 1. The van der Waals surface area contributed by atoms with Crippen LogP contribution in [0, 0.1) is 0 Å². The van der Waals surface area contributed by atoms with Gasteiger partial charge < -0.3 is 5.32 Å². The van der Waals surface area contributed by atoms with E-state index in [2.05, 4.69) is 21.2 Å². The Hall–Kier alpha value is -0.650. The van der Waals surface area contributed by atoms with Gasteiger partial charge in [-0.3, -0.25) is 4.79 Å². The zero-order valence-electron chi connectivity index (χ0n) is 8.40. The molecule has 2 heterocycles. The van der Waals surface area contributed by atoms with Crippen molar-refractivity contribution in [2.75, 3.05) is 0 Å². The summed E-state index contributed by atoms with van der Waals surface area (Å²) >= 11 is 6.63. The van der Waals surface area contributed by atoms with Crippen molar-refractivity contribution in [3.8, 4) is 0 Å². The molecule has 2 nitrogen and oxygen atoms in total. The highest BCUT2D eigenvalue weighted by Crippen LogP contribution is 2.20. The number of rotatable bonds is 4. The Morgan fingerprint density at radius 1 is 1.44 bits per heavy atom. The van der Waals surface area contributed by atoms with Crippen LogP contribution in [0.5, 0.6) is 0 Å². The lowest BCUT2D eigenvalue weighted by Gasteiger charge is -2.01. The second kappa shape index (κ2) is 5.61. The molecule has 0 unspecified atom stereocenters. The minimum atomic E-state index is 0.0739. The minimum Gasteiger partial charge on any atom is -0.352 e. The van der Waals surface area contributed by atoms with Gasteiger partial charge in [-0.15, -0.1) is 22.7 Å². The van der Waals surface area contributed by atoms with Gasteiger partial charge in [0.1, 0.15) is 0 Å². The van der Waals surface area contributed by atoms with Crippen LogP contribution in [0.4, 0.5) is 0 Å². The van der Waals surface area contributed by atoms with E-state index in [0.29, 0.717) is 13.0 Å². The van der Waals surface area contributed by atoms with E-state index in [-0.39, 0.29) is 5.91 Å². The van der Waals surface area contributed by atoms with Crippen molar-refractivity contribution >= 4 is 44.5 Å². The predicted octanol–water partition coefficient (Wildman–Crippen LogP) is 3.43. The van der Waals surface area contributed by atoms with Gasteiger partial charge >= 0.3 is 0 Å². The fourth-order valence-corrected chi connectivity index (χ4v) is 3.19. The summed E-state index contributed by atoms with van der Waals surface area (Å²) in [6.45, 7) is 0.603. The number of thiophene rings is 2. The maximum atomic E-state index is 11.6. The van der Waals surface area contributed by atoms with Crippen LogP contribution in [0.2, 0.25) is 0 Å². The lowest BCUT2D eigenvalue weighted by atomic mass is 10.3. The standard InChI is InChI=1S/C11H10BrNOS2/c12-10-4-8(7-16-10)6-13-11(14)5-9-2-1-3-15-9/h1-4,7H,5-6H2,(H,13,14). The molecule has 2 rings (SSSR count). The highest BCUT2D eigenvalue weighted by Gasteiger charge is 2.04. The van der Waals surface area contributed by atoms with Gasteiger partial charge in [0.25, 0.3) is 0 Å². The molecule has 2 aromatic heterocycles. The quantitative estimate of drug-likeness (QED) is 0.920. The van der Waals surface area contributed by atoms with E-state index in [4.69, 9.17) is 0 Å². The largest absolute Gasteiger partial charge is 0.352 e. The normalized spacial score (nSPS) is 10.3. The van der Waals surface area contributed by atoms with E-state index in [9.17, 15) is 4.79 Å². The van der Waals surface area contributed by atoms with Crippen molar-refractivity contribution in [1.82, 2.24) is 5.32 Å². The third kappa shape index (κ3) is 3.43. The van der Waals surface area contributed by atoms with E-state index in [1.165, 1.54) is 0 Å². The number of hydrogen-bond acceptors (Lipinski definition) is 3. The molecule has 84 valence electrons. The van der Waals surface area contributed by atoms with Gasteiger partial charge in [0.15, 0.2) is 0 Å². The lowest BCUT2D eigenvalue weighted by Crippen LogP contribution is -2.23. The van der Waals surface area contributed by atoms with Crippen molar-refractivity contribution < 1.29 is 4.79 Å². The molecule has 1 amide bonds. The van der Waals surface area contributed by atoms with Crippen LogP contribution in [0.15, 0.2) is 32.7 Å². The van der Waals surface area contributed by atoms with Gasteiger partial charge in [0.05, 0.1) is 10.2 Å². The van der Waals surface area contributed by atoms with Gasteiger partial charge in [0, 0.05) is 11.4 Å². The second-order valence-electron chi connectivity index (χ2n) is 3.29. The Kier molecular flexibility index (Phi) is 4.15. The average Bonchev–Trinajstić information content (AvgIpc) is 2.87. The highest BCUT2D eigenvalue weighted by molar-refractivity contribution is 9.11. The summed E-state index contributed by atoms with van der Waals surface area (Å²) in [5.74, 6) is 0.0739. The summed E-state index contributed by atoms with van der Waals surface area (Å²) < 4.78 is 1.09. The van der Waals surface area contributed by atoms with Gasteiger partial charge in [-0.25, -0.2) is 0 Å². The number of nitrogens with one attached hydrogen (secondary N) is 1. The number of amides is 1. The first-order chi connectivity index (χ1) is 7.74. The Morgan fingerprint density at radius 2 is 2.31 bits per heavy atom. The highest BCUT2D eigenvalue weighted by atomic mass is 79.9. The molecule has 0 aliphatic heterocycles. The average molecular weight is 316 g/mol. The molecule has 0 saturated carbocycles. The minimum absolute atomic E-state index is 0.0739. The summed E-state index contributed by atoms with van der Waals surface area (Å²) in [4.78, 5) is 12.7. The molecule has 0 radical (unpaired) electrons. The molecule has 1 N–H and O–H groups in total. The Labute approximate surface area is 110 Å². The molecule has 0 saturated heterocycles. The van der Waals surface area contributed by atoms with E-state index in [0.717, 1.165) is 14.2 Å². The summed E-state index contributed by atoms with van der Waals surface area (Å²) in [6, 6.07) is 5.96. The molecule has 0 aliphatic rings. The predicted molar refractivity (Wildman–Crippen MR) is 71.9 cm³/mol. The van der Waals surface area contributed by atoms with Crippen molar-refractivity contribution in [3.63, 3.8) is 0 Å². The second-order valence-corrected chi connectivity index (χ2v) is 6.61. The van der Waals surface area contributed by atoms with Crippen molar-refractivity contribution in [3.05, 3.63) is 43.2 Å². The maximum Gasteiger partial charge on any atom is 0.225 e. The van der Waals surface area contributed by atoms with Crippen molar-refractivity contribution in [2.45, 2.75) is 13.0 Å². The molecule has 16 heavy (non-hydrogen) atoms. The van der Waals surface area contributed by atoms with Crippen LogP contribution < -0.4 is 5.32 Å². The third-order valence-corrected chi connectivity index (χ3v) is 4.46. The Morgan fingerprint density at radius 3 is 2.94 bits per heavy atom. The smallest absolute Gasteiger partial charge is 0.225 e. The van der Waals surface area contributed by atoms with Gasteiger partial charge in [-0.05, 0) is 44.4 Å². The van der Waals surface area contributed by atoms with Crippen LogP contribution in [0.1, 0.15) is 10.4 Å². The van der Waals surface area contributed by atoms with Crippen molar-refractivity contribution in [1.29, 1.82) is 0 Å². The van der Waals surface area contributed by atoms with E-state index >= 15 is 0 Å². The van der Waals surface area contributed by atoms with E-state index < -0.39 is 0 Å². The Bertz CT molecular complexity index is 464. The number of carbonyl (C=O) groups is 1. The van der Waals surface area contributed by atoms with Crippen molar-refractivity contribution in [2.24, 2.45) is 0 Å². The fraction of sp³-hybridized carbons (Fsp3) is 0.182. The first kappa shape index (κ1) is 11.8. The van der Waals surface area contributed by atoms with Crippen LogP contribution in [-0.2, 0) is 17.8 Å². The Balaban J connectivity index is 1.80. The lowest BCUT2D eigenvalue weighted by molar-refractivity contribution is -0.120. The van der Waals surface area contributed by atoms with Crippen LogP contribution >= 0.6 is 38.6 Å². The molecule has 0 aromatic carbocycles. The maximum absolute atomic E-state index is 11.6. The number of carbonyl (C=O) groups excluding carboxylic acids is 1. The molecule has 2 aromatic rings. The van der Waals surface area contributed by atoms with Crippen LogP contribution in [0.25, 0.3) is 0 Å². The van der Waals surface area contributed by atoms with Gasteiger partial charge in [-0.2, -0.15) is 0 Å². The molecular formula is C11H10BrNOS2. The van der Waals surface area contributed by atoms with Gasteiger partial charge in [0.2, 0.25) is 5.91 Å². The van der Waals surface area contributed by atoms with Crippen LogP contribution in [-0.4, -0.2) is 5.91 Å². The first-order valence-corrected chi connectivity index (χ1v) is 7.31. The molecular weight excluding hydrogens is 306 g/mol. The molecule has 0 spiro atoms. The number of halogens is 1. The summed E-state index contributed by atoms with van der Waals surface area (Å²) in [5.41, 5.74) is 1.14. The van der Waals surface area contributed by atoms with Gasteiger partial charge in [-0.1, -0.05) is 6.07 Å². The first-order valence-electron chi connectivity index (χ1n) is 4.76. The summed E-state index contributed by atoms with van der Waals surface area (Å²) in [6.07, 6.45) is 0.475. The molecule has 0 bridgehead atoms. The monoisotopic (exact) mass is 315 g/mol. The van der Waals surface area contributed by atoms with E-state index in [1.54, 1.807) is 22.7 Å². The SMILES string of the molecule is O=C(Cc1cccs1)NCc1csc(Br)c1. The fourth-order valence-electron chi connectivity index (χ4n) is 1.27. The summed E-state index contributed by atoms with van der Waals surface area (Å²) in [5, 5.41) is 6.93. The van der Waals surface area contributed by atoms with Crippen LogP contribution in [0.3, 0.4) is 0 Å². The third-order valence-electron chi connectivity index (χ3n) is 2.03. The zero-order chi connectivity index (χ0) is 11.4. The zero-order valence-corrected chi connectivity index (χ0v) is 11.6. The molecule has 5 heteroatoms.